The lowest BCUT2D eigenvalue weighted by atomic mass is 10.1. The lowest BCUT2D eigenvalue weighted by Crippen LogP contribution is -2.56. The van der Waals surface area contributed by atoms with Crippen molar-refractivity contribution in [1.29, 1.82) is 0 Å². The predicted molar refractivity (Wildman–Crippen MR) is 172 cm³/mol. The first-order chi connectivity index (χ1) is 20.5. The van der Waals surface area contributed by atoms with Crippen LogP contribution in [0.5, 0.6) is 0 Å². The monoisotopic (exact) mass is 602 g/mol. The Kier molecular flexibility index (Phi) is 13.7. The van der Waals surface area contributed by atoms with Gasteiger partial charge in [-0.3, -0.25) is 0 Å². The molecule has 42 heavy (non-hydrogen) atoms. The van der Waals surface area contributed by atoms with E-state index in [1.807, 2.05) is 114 Å². The van der Waals surface area contributed by atoms with Crippen LogP contribution in [0.3, 0.4) is 0 Å². The molecule has 3 aromatic carbocycles. The first-order valence-electron chi connectivity index (χ1n) is 14.7. The predicted octanol–water partition coefficient (Wildman–Crippen LogP) is 5.00. The van der Waals surface area contributed by atoms with E-state index in [-0.39, 0.29) is 0 Å². The fourth-order valence-electron chi connectivity index (χ4n) is 4.33. The highest BCUT2D eigenvalue weighted by molar-refractivity contribution is 6.75. The summed E-state index contributed by atoms with van der Waals surface area (Å²) in [6, 6.07) is 23.8. The van der Waals surface area contributed by atoms with Crippen molar-refractivity contribution in [2.45, 2.75) is 41.5 Å². The summed E-state index contributed by atoms with van der Waals surface area (Å²) < 4.78 is 36.0. The van der Waals surface area contributed by atoms with Crippen molar-refractivity contribution < 1.29 is 26.6 Å². The number of benzene rings is 3. The van der Waals surface area contributed by atoms with Crippen molar-refractivity contribution in [3.05, 3.63) is 95.1 Å². The minimum Gasteiger partial charge on any atom is -0.370 e. The van der Waals surface area contributed by atoms with Crippen LogP contribution in [-0.4, -0.2) is 57.3 Å². The molecule has 0 N–H and O–H groups in total. The molecule has 0 aliphatic rings. The van der Waals surface area contributed by atoms with Gasteiger partial charge in [0.05, 0.1) is 0 Å². The molecule has 0 heterocycles. The summed E-state index contributed by atoms with van der Waals surface area (Å²) in [4.78, 5) is 0. The second-order valence-electron chi connectivity index (χ2n) is 8.94. The van der Waals surface area contributed by atoms with Crippen molar-refractivity contribution in [2.24, 2.45) is 0 Å². The van der Waals surface area contributed by atoms with E-state index in [9.17, 15) is 0 Å². The van der Waals surface area contributed by atoms with E-state index in [0.717, 1.165) is 32.6 Å². The second-order valence-corrected chi connectivity index (χ2v) is 14.1. The molecule has 0 unspecified atom stereocenters. The average Bonchev–Trinajstić information content (AvgIpc) is 3.01. The molecule has 6 nitrogen and oxygen atoms in total. The van der Waals surface area contributed by atoms with Crippen molar-refractivity contribution in [2.75, 3.05) is 39.6 Å². The van der Waals surface area contributed by atoms with Gasteiger partial charge in [-0.15, -0.1) is 0 Å². The summed E-state index contributed by atoms with van der Waals surface area (Å²) in [5.41, 5.74) is 3.64. The number of rotatable bonds is 14. The fraction of sp³-hybridized carbons (Fsp3) is 0.353. The number of hydrogen-bond acceptors (Lipinski definition) is 6. The van der Waals surface area contributed by atoms with Crippen LogP contribution in [0.1, 0.15) is 63.8 Å². The van der Waals surface area contributed by atoms with E-state index in [1.165, 1.54) is 0 Å². The molecule has 0 aliphatic heterocycles. The normalized spacial score (nSPS) is 11.4. The van der Waals surface area contributed by atoms with Gasteiger partial charge >= 0.3 is 17.6 Å². The molecule has 8 heteroatoms. The summed E-state index contributed by atoms with van der Waals surface area (Å²) in [6.07, 6.45) is 0. The lowest BCUT2D eigenvalue weighted by Gasteiger charge is -2.28. The molecule has 0 aliphatic carbocycles. The SMILES string of the molecule is CCO[Si](OCC)(OCC)c1ccc(C#Cc2ccc(C#Cc3ccc([Si](OCC)(OCC)OCC)cc3)cc2)cc1. The summed E-state index contributed by atoms with van der Waals surface area (Å²) >= 11 is 0. The van der Waals surface area contributed by atoms with Crippen LogP contribution in [0.15, 0.2) is 72.8 Å². The molecule has 3 aromatic rings. The quantitative estimate of drug-likeness (QED) is 0.191. The van der Waals surface area contributed by atoms with Crippen LogP contribution in [-0.2, 0) is 26.6 Å². The third kappa shape index (κ3) is 8.99. The summed E-state index contributed by atoms with van der Waals surface area (Å²) in [5.74, 6) is 12.9. The first-order valence-corrected chi connectivity index (χ1v) is 18.1. The van der Waals surface area contributed by atoms with E-state index in [1.54, 1.807) is 0 Å². The van der Waals surface area contributed by atoms with Gasteiger partial charge in [0, 0.05) is 72.3 Å². The third-order valence-electron chi connectivity index (χ3n) is 6.07. The maximum absolute atomic E-state index is 6.00. The standard InChI is InChI=1S/C34H42O6Si2/c1-7-35-41(36-8-2,37-9-3)33-25-21-31(22-26-33)19-17-29-13-15-30(16-14-29)18-20-32-23-27-34(28-24-32)42(38-10-4,39-11-5)40-12-6/h13-16,21-28H,7-12H2,1-6H3. The molecule has 0 atom stereocenters. The van der Waals surface area contributed by atoms with Gasteiger partial charge in [-0.05, 0) is 90.1 Å². The van der Waals surface area contributed by atoms with Gasteiger partial charge < -0.3 is 26.6 Å². The largest absolute Gasteiger partial charge is 0.537 e. The highest BCUT2D eigenvalue weighted by Gasteiger charge is 2.44. The van der Waals surface area contributed by atoms with E-state index in [2.05, 4.69) is 23.7 Å². The van der Waals surface area contributed by atoms with Crippen LogP contribution in [0.4, 0.5) is 0 Å². The van der Waals surface area contributed by atoms with Crippen LogP contribution in [0.25, 0.3) is 0 Å². The van der Waals surface area contributed by atoms with Gasteiger partial charge in [-0.2, -0.15) is 0 Å². The zero-order chi connectivity index (χ0) is 30.3. The number of hydrogen-bond donors (Lipinski definition) is 0. The minimum atomic E-state index is -2.92. The Balaban J connectivity index is 1.70. The van der Waals surface area contributed by atoms with Crippen molar-refractivity contribution in [3.8, 4) is 23.7 Å². The molecule has 0 fully saturated rings. The molecule has 3 rings (SSSR count). The highest BCUT2D eigenvalue weighted by atomic mass is 28.4. The summed E-state index contributed by atoms with van der Waals surface area (Å²) in [6.45, 7) is 14.9. The van der Waals surface area contributed by atoms with Gasteiger partial charge in [0.25, 0.3) is 0 Å². The molecular formula is C34H42O6Si2. The van der Waals surface area contributed by atoms with E-state index in [0.29, 0.717) is 39.6 Å². The van der Waals surface area contributed by atoms with Gasteiger partial charge in [0.1, 0.15) is 0 Å². The van der Waals surface area contributed by atoms with Crippen LogP contribution in [0, 0.1) is 23.7 Å². The Morgan fingerprint density at radius 2 is 0.548 bits per heavy atom. The molecule has 0 spiro atoms. The van der Waals surface area contributed by atoms with Crippen molar-refractivity contribution in [3.63, 3.8) is 0 Å². The zero-order valence-corrected chi connectivity index (χ0v) is 27.6. The van der Waals surface area contributed by atoms with E-state index < -0.39 is 17.6 Å². The summed E-state index contributed by atoms with van der Waals surface area (Å²) in [7, 11) is -5.84. The Hall–Kier alpha value is -3.03. The minimum absolute atomic E-state index is 0.528. The smallest absolute Gasteiger partial charge is 0.370 e. The van der Waals surface area contributed by atoms with Gasteiger partial charge in [0.2, 0.25) is 0 Å². The topological polar surface area (TPSA) is 55.4 Å². The van der Waals surface area contributed by atoms with Crippen LogP contribution in [0.2, 0.25) is 0 Å². The Labute approximate surface area is 254 Å². The van der Waals surface area contributed by atoms with Gasteiger partial charge in [-0.1, -0.05) is 47.9 Å². The zero-order valence-electron chi connectivity index (χ0n) is 25.6. The molecule has 0 bridgehead atoms. The van der Waals surface area contributed by atoms with Crippen molar-refractivity contribution >= 4 is 28.0 Å². The lowest BCUT2D eigenvalue weighted by molar-refractivity contribution is 0.0851. The molecule has 0 radical (unpaired) electrons. The second kappa shape index (κ2) is 17.2. The van der Waals surface area contributed by atoms with Crippen LogP contribution >= 0.6 is 0 Å². The third-order valence-corrected chi connectivity index (χ3v) is 12.2. The van der Waals surface area contributed by atoms with Crippen LogP contribution < -0.4 is 10.4 Å². The van der Waals surface area contributed by atoms with Crippen molar-refractivity contribution in [1.82, 2.24) is 0 Å². The van der Waals surface area contributed by atoms with Gasteiger partial charge in [0.15, 0.2) is 0 Å². The van der Waals surface area contributed by atoms with E-state index in [4.69, 9.17) is 26.6 Å². The Morgan fingerprint density at radius 3 is 0.738 bits per heavy atom. The summed E-state index contributed by atoms with van der Waals surface area (Å²) in [5, 5.41) is 1.88. The maximum Gasteiger partial charge on any atom is 0.537 e. The fourth-order valence-corrected chi connectivity index (χ4v) is 9.26. The average molecular weight is 603 g/mol. The first kappa shape index (κ1) is 33.5. The Morgan fingerprint density at radius 1 is 0.357 bits per heavy atom. The molecule has 222 valence electrons. The Bertz CT molecular complexity index is 1210. The molecule has 0 saturated heterocycles. The van der Waals surface area contributed by atoms with Gasteiger partial charge in [-0.25, -0.2) is 0 Å². The molecule has 0 amide bonds. The maximum atomic E-state index is 6.00. The molecular weight excluding hydrogens is 561 g/mol. The highest BCUT2D eigenvalue weighted by Crippen LogP contribution is 2.13. The van der Waals surface area contributed by atoms with E-state index >= 15 is 0 Å². The molecule has 0 saturated carbocycles. The molecule has 0 aromatic heterocycles.